The summed E-state index contributed by atoms with van der Waals surface area (Å²) in [7, 11) is 2.01. The summed E-state index contributed by atoms with van der Waals surface area (Å²) in [5.41, 5.74) is 8.82. The maximum Gasteiger partial charge on any atom is 0.0766 e. The highest BCUT2D eigenvalue weighted by atomic mass is 79.9. The summed E-state index contributed by atoms with van der Waals surface area (Å²) in [5.74, 6) is 0.627. The van der Waals surface area contributed by atoms with Crippen molar-refractivity contribution in [3.05, 3.63) is 15.9 Å². The molecule has 19 heavy (non-hydrogen) atoms. The van der Waals surface area contributed by atoms with Crippen LogP contribution in [0.2, 0.25) is 0 Å². The van der Waals surface area contributed by atoms with Crippen molar-refractivity contribution in [3.8, 4) is 0 Å². The SMILES string of the molecule is CCCC(CCC)C(N)Cc1c(Br)c(CC)nn1C. The van der Waals surface area contributed by atoms with Crippen molar-refractivity contribution in [2.45, 2.75) is 65.3 Å². The van der Waals surface area contributed by atoms with Crippen molar-refractivity contribution >= 4 is 15.9 Å². The van der Waals surface area contributed by atoms with Gasteiger partial charge in [-0.25, -0.2) is 0 Å². The molecule has 1 unspecified atom stereocenters. The summed E-state index contributed by atoms with van der Waals surface area (Å²) in [6, 6.07) is 0.233. The molecular weight excluding hydrogens is 302 g/mol. The molecule has 0 bridgehead atoms. The molecule has 4 heteroatoms. The van der Waals surface area contributed by atoms with Gasteiger partial charge in [0.05, 0.1) is 15.9 Å². The number of aryl methyl sites for hydroxylation is 2. The summed E-state index contributed by atoms with van der Waals surface area (Å²) in [6.07, 6.45) is 6.75. The first-order valence-corrected chi connectivity index (χ1v) is 8.30. The highest BCUT2D eigenvalue weighted by Gasteiger charge is 2.21. The first-order valence-electron chi connectivity index (χ1n) is 7.50. The Hall–Kier alpha value is -0.350. The van der Waals surface area contributed by atoms with Gasteiger partial charge >= 0.3 is 0 Å². The molecule has 0 aromatic carbocycles. The predicted molar refractivity (Wildman–Crippen MR) is 85.3 cm³/mol. The molecule has 1 rings (SSSR count). The summed E-state index contributed by atoms with van der Waals surface area (Å²) in [4.78, 5) is 0. The number of aromatic nitrogens is 2. The molecule has 3 nitrogen and oxygen atoms in total. The van der Waals surface area contributed by atoms with Crippen LogP contribution in [0.3, 0.4) is 0 Å². The Bertz CT molecular complexity index is 381. The lowest BCUT2D eigenvalue weighted by Gasteiger charge is -2.23. The van der Waals surface area contributed by atoms with Gasteiger partial charge in [-0.15, -0.1) is 0 Å². The lowest BCUT2D eigenvalue weighted by Crippen LogP contribution is -2.33. The first-order chi connectivity index (χ1) is 9.04. The average molecular weight is 330 g/mol. The van der Waals surface area contributed by atoms with Gasteiger partial charge in [-0.1, -0.05) is 33.6 Å². The van der Waals surface area contributed by atoms with Gasteiger partial charge in [-0.05, 0) is 41.1 Å². The summed E-state index contributed by atoms with van der Waals surface area (Å²) in [5, 5.41) is 4.55. The van der Waals surface area contributed by atoms with E-state index in [2.05, 4.69) is 41.8 Å². The van der Waals surface area contributed by atoms with E-state index in [1.807, 2.05) is 11.7 Å². The van der Waals surface area contributed by atoms with Crippen LogP contribution in [0.5, 0.6) is 0 Å². The maximum atomic E-state index is 6.45. The minimum atomic E-state index is 0.233. The molecule has 0 aliphatic carbocycles. The van der Waals surface area contributed by atoms with E-state index in [9.17, 15) is 0 Å². The van der Waals surface area contributed by atoms with E-state index >= 15 is 0 Å². The fraction of sp³-hybridized carbons (Fsp3) is 0.800. The third kappa shape index (κ3) is 4.32. The van der Waals surface area contributed by atoms with Crippen molar-refractivity contribution in [2.75, 3.05) is 0 Å². The Kier molecular flexibility index (Phi) is 7.08. The van der Waals surface area contributed by atoms with Crippen LogP contribution < -0.4 is 5.73 Å². The molecule has 0 saturated carbocycles. The Labute approximate surface area is 126 Å². The monoisotopic (exact) mass is 329 g/mol. The normalized spacial score (nSPS) is 13.2. The van der Waals surface area contributed by atoms with Crippen molar-refractivity contribution in [2.24, 2.45) is 18.7 Å². The van der Waals surface area contributed by atoms with E-state index < -0.39 is 0 Å². The van der Waals surface area contributed by atoms with Gasteiger partial charge < -0.3 is 5.73 Å². The van der Waals surface area contributed by atoms with Gasteiger partial charge in [-0.3, -0.25) is 4.68 Å². The molecule has 0 fully saturated rings. The molecule has 1 aromatic heterocycles. The van der Waals surface area contributed by atoms with E-state index in [-0.39, 0.29) is 6.04 Å². The average Bonchev–Trinajstić information content (AvgIpc) is 2.65. The number of hydrogen-bond donors (Lipinski definition) is 1. The fourth-order valence-corrected chi connectivity index (χ4v) is 3.52. The molecule has 1 aromatic rings. The predicted octanol–water partition coefficient (Wildman–Crippen LogP) is 3.83. The van der Waals surface area contributed by atoms with Gasteiger partial charge in [0, 0.05) is 19.5 Å². The number of halogens is 1. The second-order valence-electron chi connectivity index (χ2n) is 5.39. The Morgan fingerprint density at radius 3 is 2.21 bits per heavy atom. The number of nitrogens with two attached hydrogens (primary N) is 1. The summed E-state index contributed by atoms with van der Waals surface area (Å²) < 4.78 is 3.14. The summed E-state index contributed by atoms with van der Waals surface area (Å²) >= 11 is 3.68. The van der Waals surface area contributed by atoms with Crippen LogP contribution >= 0.6 is 15.9 Å². The molecule has 1 atom stereocenters. The van der Waals surface area contributed by atoms with Crippen LogP contribution in [0.4, 0.5) is 0 Å². The molecule has 0 aliphatic heterocycles. The minimum Gasteiger partial charge on any atom is -0.327 e. The smallest absolute Gasteiger partial charge is 0.0766 e. The third-order valence-electron chi connectivity index (χ3n) is 3.86. The number of hydrogen-bond acceptors (Lipinski definition) is 2. The number of rotatable bonds is 8. The van der Waals surface area contributed by atoms with Crippen LogP contribution in [0.15, 0.2) is 4.47 Å². The standard InChI is InChI=1S/C15H28BrN3/c1-5-8-11(9-6-2)12(17)10-14-15(16)13(7-3)18-19(14)4/h11-12H,5-10,17H2,1-4H3. The molecule has 0 spiro atoms. The lowest BCUT2D eigenvalue weighted by atomic mass is 9.88. The third-order valence-corrected chi connectivity index (χ3v) is 4.77. The van der Waals surface area contributed by atoms with Crippen LogP contribution in [-0.4, -0.2) is 15.8 Å². The van der Waals surface area contributed by atoms with Crippen molar-refractivity contribution < 1.29 is 0 Å². The van der Waals surface area contributed by atoms with Gasteiger partial charge in [-0.2, -0.15) is 5.10 Å². The van der Waals surface area contributed by atoms with Crippen molar-refractivity contribution in [3.63, 3.8) is 0 Å². The van der Waals surface area contributed by atoms with Crippen LogP contribution in [-0.2, 0) is 19.9 Å². The fourth-order valence-electron chi connectivity index (χ4n) is 2.75. The molecule has 0 aliphatic rings. The second-order valence-corrected chi connectivity index (χ2v) is 6.18. The van der Waals surface area contributed by atoms with E-state index in [1.54, 1.807) is 0 Å². The zero-order chi connectivity index (χ0) is 14.4. The lowest BCUT2D eigenvalue weighted by molar-refractivity contribution is 0.355. The Morgan fingerprint density at radius 1 is 1.21 bits per heavy atom. The van der Waals surface area contributed by atoms with Gasteiger partial charge in [0.2, 0.25) is 0 Å². The van der Waals surface area contributed by atoms with Crippen LogP contribution in [0.25, 0.3) is 0 Å². The van der Waals surface area contributed by atoms with Crippen LogP contribution in [0, 0.1) is 5.92 Å². The zero-order valence-corrected chi connectivity index (χ0v) is 14.3. The summed E-state index contributed by atoms with van der Waals surface area (Å²) in [6.45, 7) is 6.61. The Balaban J connectivity index is 2.79. The van der Waals surface area contributed by atoms with Gasteiger partial charge in [0.25, 0.3) is 0 Å². The topological polar surface area (TPSA) is 43.8 Å². The highest BCUT2D eigenvalue weighted by Crippen LogP contribution is 2.26. The van der Waals surface area contributed by atoms with E-state index in [4.69, 9.17) is 5.73 Å². The van der Waals surface area contributed by atoms with Gasteiger partial charge in [0.1, 0.15) is 0 Å². The molecule has 1 heterocycles. The first kappa shape index (κ1) is 16.7. The Morgan fingerprint density at radius 2 is 1.79 bits per heavy atom. The van der Waals surface area contributed by atoms with Crippen LogP contribution in [0.1, 0.15) is 57.8 Å². The molecule has 0 saturated heterocycles. The molecule has 2 N–H and O–H groups in total. The van der Waals surface area contributed by atoms with E-state index in [1.165, 1.54) is 31.4 Å². The molecular formula is C15H28BrN3. The maximum absolute atomic E-state index is 6.45. The zero-order valence-electron chi connectivity index (χ0n) is 12.7. The molecule has 0 amide bonds. The highest BCUT2D eigenvalue weighted by molar-refractivity contribution is 9.10. The molecule has 0 radical (unpaired) electrons. The number of nitrogens with zero attached hydrogens (tertiary/aromatic N) is 2. The van der Waals surface area contributed by atoms with E-state index in [0.717, 1.165) is 23.0 Å². The van der Waals surface area contributed by atoms with Crippen molar-refractivity contribution in [1.29, 1.82) is 0 Å². The second kappa shape index (κ2) is 8.05. The van der Waals surface area contributed by atoms with E-state index in [0.29, 0.717) is 5.92 Å². The quantitative estimate of drug-likeness (QED) is 0.787. The van der Waals surface area contributed by atoms with Crippen molar-refractivity contribution in [1.82, 2.24) is 9.78 Å². The minimum absolute atomic E-state index is 0.233. The largest absolute Gasteiger partial charge is 0.327 e. The van der Waals surface area contributed by atoms with Gasteiger partial charge in [0.15, 0.2) is 0 Å². The molecule has 110 valence electrons.